The standard InChI is InChI=1S/C15H15ClN2O3/c1-8(2)10-6-13(16)18-15(17-10)9-4-11(19-3)14-12(5-9)20-7-21-14/h4-6,8H,7H2,1-3H3. The van der Waals surface area contributed by atoms with Crippen molar-refractivity contribution >= 4 is 11.6 Å². The quantitative estimate of drug-likeness (QED) is 0.810. The van der Waals surface area contributed by atoms with Crippen LogP contribution >= 0.6 is 11.6 Å². The van der Waals surface area contributed by atoms with Crippen LogP contribution in [0.4, 0.5) is 0 Å². The van der Waals surface area contributed by atoms with E-state index in [2.05, 4.69) is 23.8 Å². The summed E-state index contributed by atoms with van der Waals surface area (Å²) in [6, 6.07) is 5.43. The number of aromatic nitrogens is 2. The van der Waals surface area contributed by atoms with Crippen molar-refractivity contribution in [2.75, 3.05) is 13.9 Å². The highest BCUT2D eigenvalue weighted by molar-refractivity contribution is 6.29. The molecule has 6 heteroatoms. The van der Waals surface area contributed by atoms with Gasteiger partial charge in [0.1, 0.15) is 5.15 Å². The van der Waals surface area contributed by atoms with E-state index in [1.165, 1.54) is 0 Å². The highest BCUT2D eigenvalue weighted by Gasteiger charge is 2.21. The minimum absolute atomic E-state index is 0.183. The van der Waals surface area contributed by atoms with Crippen molar-refractivity contribution in [3.05, 3.63) is 29.0 Å². The number of halogens is 1. The summed E-state index contributed by atoms with van der Waals surface area (Å²) in [5, 5.41) is 0.417. The fourth-order valence-corrected chi connectivity index (χ4v) is 2.31. The Balaban J connectivity index is 2.12. The molecule has 0 radical (unpaired) electrons. The van der Waals surface area contributed by atoms with E-state index in [4.69, 9.17) is 25.8 Å². The molecular formula is C15H15ClN2O3. The molecule has 0 aliphatic carbocycles. The zero-order valence-corrected chi connectivity index (χ0v) is 12.8. The number of rotatable bonds is 3. The number of ether oxygens (including phenoxy) is 3. The molecule has 1 aliphatic rings. The molecule has 0 N–H and O–H groups in total. The van der Waals surface area contributed by atoms with Gasteiger partial charge in [-0.25, -0.2) is 9.97 Å². The Kier molecular flexibility index (Phi) is 3.59. The highest BCUT2D eigenvalue weighted by Crippen LogP contribution is 2.43. The molecule has 1 aromatic heterocycles. The van der Waals surface area contributed by atoms with Crippen LogP contribution in [0.15, 0.2) is 18.2 Å². The third kappa shape index (κ3) is 2.61. The summed E-state index contributed by atoms with van der Waals surface area (Å²) in [6.45, 7) is 4.30. The van der Waals surface area contributed by atoms with Crippen LogP contribution in [0, 0.1) is 0 Å². The predicted octanol–water partition coefficient (Wildman–Crippen LogP) is 3.66. The van der Waals surface area contributed by atoms with Gasteiger partial charge >= 0.3 is 0 Å². The maximum atomic E-state index is 6.10. The minimum atomic E-state index is 0.183. The molecule has 21 heavy (non-hydrogen) atoms. The van der Waals surface area contributed by atoms with Crippen molar-refractivity contribution in [1.29, 1.82) is 0 Å². The van der Waals surface area contributed by atoms with E-state index in [0.717, 1.165) is 11.3 Å². The van der Waals surface area contributed by atoms with Gasteiger partial charge in [0.05, 0.1) is 7.11 Å². The number of nitrogens with zero attached hydrogens (tertiary/aromatic N) is 2. The summed E-state index contributed by atoms with van der Waals surface area (Å²) in [5.74, 6) is 2.63. The van der Waals surface area contributed by atoms with Crippen molar-refractivity contribution in [3.63, 3.8) is 0 Å². The van der Waals surface area contributed by atoms with Crippen molar-refractivity contribution < 1.29 is 14.2 Å². The average Bonchev–Trinajstić information content (AvgIpc) is 2.93. The van der Waals surface area contributed by atoms with E-state index < -0.39 is 0 Å². The zero-order chi connectivity index (χ0) is 15.0. The van der Waals surface area contributed by atoms with Gasteiger partial charge in [0.25, 0.3) is 0 Å². The Morgan fingerprint density at radius 2 is 2.00 bits per heavy atom. The fourth-order valence-electron chi connectivity index (χ4n) is 2.12. The molecule has 0 fully saturated rings. The van der Waals surface area contributed by atoms with Gasteiger partial charge in [0.15, 0.2) is 17.3 Å². The number of hydrogen-bond acceptors (Lipinski definition) is 5. The van der Waals surface area contributed by atoms with Crippen LogP contribution in [-0.4, -0.2) is 23.9 Å². The fraction of sp³-hybridized carbons (Fsp3) is 0.333. The lowest BCUT2D eigenvalue weighted by Crippen LogP contribution is -1.98. The van der Waals surface area contributed by atoms with Crippen molar-refractivity contribution in [2.45, 2.75) is 19.8 Å². The Morgan fingerprint density at radius 3 is 2.71 bits per heavy atom. The van der Waals surface area contributed by atoms with Crippen LogP contribution in [0.25, 0.3) is 11.4 Å². The largest absolute Gasteiger partial charge is 0.493 e. The third-order valence-electron chi connectivity index (χ3n) is 3.22. The summed E-state index contributed by atoms with van der Waals surface area (Å²) in [5.41, 5.74) is 1.67. The van der Waals surface area contributed by atoms with Gasteiger partial charge in [0, 0.05) is 11.3 Å². The first-order valence-electron chi connectivity index (χ1n) is 6.61. The zero-order valence-electron chi connectivity index (χ0n) is 12.0. The molecule has 0 saturated carbocycles. The van der Waals surface area contributed by atoms with Crippen molar-refractivity contribution in [2.24, 2.45) is 0 Å². The summed E-state index contributed by atoms with van der Waals surface area (Å²) < 4.78 is 16.1. The summed E-state index contributed by atoms with van der Waals surface area (Å²) in [4.78, 5) is 8.85. The Morgan fingerprint density at radius 1 is 1.19 bits per heavy atom. The van der Waals surface area contributed by atoms with Crippen LogP contribution in [0.5, 0.6) is 17.2 Å². The van der Waals surface area contributed by atoms with E-state index in [9.17, 15) is 0 Å². The van der Waals surface area contributed by atoms with Gasteiger partial charge in [-0.1, -0.05) is 25.4 Å². The SMILES string of the molecule is COc1cc(-c2nc(Cl)cc(C(C)C)n2)cc2c1OCO2. The molecule has 1 aromatic carbocycles. The lowest BCUT2D eigenvalue weighted by atomic mass is 10.1. The molecule has 110 valence electrons. The number of benzene rings is 1. The van der Waals surface area contributed by atoms with Gasteiger partial charge < -0.3 is 14.2 Å². The van der Waals surface area contributed by atoms with Gasteiger partial charge in [-0.2, -0.15) is 0 Å². The van der Waals surface area contributed by atoms with E-state index in [-0.39, 0.29) is 12.7 Å². The van der Waals surface area contributed by atoms with Crippen LogP contribution in [0.3, 0.4) is 0 Å². The van der Waals surface area contributed by atoms with E-state index in [0.29, 0.717) is 28.2 Å². The second kappa shape index (κ2) is 5.41. The summed E-state index contributed by atoms with van der Waals surface area (Å²) in [6.07, 6.45) is 0. The third-order valence-corrected chi connectivity index (χ3v) is 3.42. The minimum Gasteiger partial charge on any atom is -0.493 e. The highest BCUT2D eigenvalue weighted by atomic mass is 35.5. The molecule has 0 unspecified atom stereocenters. The lowest BCUT2D eigenvalue weighted by molar-refractivity contribution is 0.171. The molecule has 5 nitrogen and oxygen atoms in total. The molecule has 3 rings (SSSR count). The molecule has 0 saturated heterocycles. The Hall–Kier alpha value is -2.01. The first kappa shape index (κ1) is 13.9. The number of hydrogen-bond donors (Lipinski definition) is 0. The summed E-state index contributed by atoms with van der Waals surface area (Å²) >= 11 is 6.10. The molecule has 0 atom stereocenters. The first-order chi connectivity index (χ1) is 10.1. The van der Waals surface area contributed by atoms with Gasteiger partial charge in [-0.3, -0.25) is 0 Å². The smallest absolute Gasteiger partial charge is 0.231 e. The van der Waals surface area contributed by atoms with Gasteiger partial charge in [0.2, 0.25) is 12.5 Å². The second-order valence-electron chi connectivity index (χ2n) is 5.01. The molecule has 2 aromatic rings. The molecule has 2 heterocycles. The lowest BCUT2D eigenvalue weighted by Gasteiger charge is -2.10. The first-order valence-corrected chi connectivity index (χ1v) is 6.98. The topological polar surface area (TPSA) is 53.5 Å². The molecule has 0 amide bonds. The normalized spacial score (nSPS) is 12.8. The number of fused-ring (bicyclic) bond motifs is 1. The molecule has 0 bridgehead atoms. The molecule has 0 spiro atoms. The van der Waals surface area contributed by atoms with Crippen LogP contribution in [0.2, 0.25) is 5.15 Å². The Labute approximate surface area is 127 Å². The van der Waals surface area contributed by atoms with Crippen LogP contribution in [-0.2, 0) is 0 Å². The molecule has 1 aliphatic heterocycles. The van der Waals surface area contributed by atoms with Crippen LogP contribution in [0.1, 0.15) is 25.5 Å². The van der Waals surface area contributed by atoms with Gasteiger partial charge in [-0.05, 0) is 24.1 Å². The summed E-state index contributed by atoms with van der Waals surface area (Å²) in [7, 11) is 1.58. The predicted molar refractivity (Wildman–Crippen MR) is 79.2 cm³/mol. The maximum absolute atomic E-state index is 6.10. The average molecular weight is 307 g/mol. The maximum Gasteiger partial charge on any atom is 0.231 e. The second-order valence-corrected chi connectivity index (χ2v) is 5.39. The van der Waals surface area contributed by atoms with E-state index >= 15 is 0 Å². The Bertz CT molecular complexity index is 689. The van der Waals surface area contributed by atoms with E-state index in [1.54, 1.807) is 13.2 Å². The monoisotopic (exact) mass is 306 g/mol. The molecular weight excluding hydrogens is 292 g/mol. The van der Waals surface area contributed by atoms with Crippen LogP contribution < -0.4 is 14.2 Å². The van der Waals surface area contributed by atoms with Crippen molar-refractivity contribution in [1.82, 2.24) is 9.97 Å². The van der Waals surface area contributed by atoms with E-state index in [1.807, 2.05) is 12.1 Å². The van der Waals surface area contributed by atoms with Crippen molar-refractivity contribution in [3.8, 4) is 28.6 Å². The number of methoxy groups -OCH3 is 1. The van der Waals surface area contributed by atoms with Gasteiger partial charge in [-0.15, -0.1) is 0 Å².